The largest absolute Gasteiger partial charge is 0.361 e. The Labute approximate surface area is 209 Å². The number of H-pyrrole nitrogens is 1. The summed E-state index contributed by atoms with van der Waals surface area (Å²) in [4.78, 5) is 32.0. The second-order valence-electron chi connectivity index (χ2n) is 9.32. The predicted octanol–water partition coefficient (Wildman–Crippen LogP) is 6.42. The molecule has 0 fully saturated rings. The van der Waals surface area contributed by atoms with Crippen molar-refractivity contribution in [1.82, 2.24) is 15.2 Å². The number of fused-ring (bicyclic) bond motifs is 1. The van der Waals surface area contributed by atoms with Crippen LogP contribution in [0.15, 0.2) is 54.7 Å². The summed E-state index contributed by atoms with van der Waals surface area (Å²) in [5.74, 6) is -0.0125. The molecule has 0 bridgehead atoms. The van der Waals surface area contributed by atoms with Gasteiger partial charge in [0.2, 0.25) is 5.91 Å². The van der Waals surface area contributed by atoms with Crippen LogP contribution in [0.2, 0.25) is 0 Å². The number of urea groups is 1. The van der Waals surface area contributed by atoms with Gasteiger partial charge in [0.25, 0.3) is 0 Å². The number of aromatic amines is 1. The molecule has 1 heterocycles. The SMILES string of the molecule is CCCCCN(CCCCC)C(=O)[C@H](Cc1c[nH]c2ccccc12)NC(=O)Nc1ccc(C)cc1. The molecule has 1 aromatic heterocycles. The molecule has 6 heteroatoms. The number of nitrogens with zero attached hydrogens (tertiary/aromatic N) is 1. The van der Waals surface area contributed by atoms with Gasteiger partial charge >= 0.3 is 6.03 Å². The average molecular weight is 477 g/mol. The molecule has 0 aliphatic carbocycles. The highest BCUT2D eigenvalue weighted by atomic mass is 16.2. The fraction of sp³-hybridized carbons (Fsp3) is 0.448. The minimum absolute atomic E-state index is 0.0125. The number of benzene rings is 2. The molecule has 0 spiro atoms. The minimum atomic E-state index is -0.650. The van der Waals surface area contributed by atoms with Gasteiger partial charge in [-0.2, -0.15) is 0 Å². The molecular weight excluding hydrogens is 436 g/mol. The number of unbranched alkanes of at least 4 members (excludes halogenated alkanes) is 4. The molecular formula is C29H40N4O2. The van der Waals surface area contributed by atoms with E-state index < -0.39 is 6.04 Å². The summed E-state index contributed by atoms with van der Waals surface area (Å²) in [6.07, 6.45) is 8.72. The lowest BCUT2D eigenvalue weighted by Crippen LogP contribution is -2.51. The van der Waals surface area contributed by atoms with Gasteiger partial charge in [0, 0.05) is 42.3 Å². The van der Waals surface area contributed by atoms with Crippen LogP contribution >= 0.6 is 0 Å². The number of carbonyl (C=O) groups excluding carboxylic acids is 2. The number of amides is 3. The number of para-hydroxylation sites is 1. The Morgan fingerprint density at radius 1 is 0.914 bits per heavy atom. The number of carbonyl (C=O) groups is 2. The van der Waals surface area contributed by atoms with Crippen LogP contribution in [0.1, 0.15) is 63.5 Å². The molecule has 188 valence electrons. The van der Waals surface area contributed by atoms with Gasteiger partial charge in [0.15, 0.2) is 0 Å². The van der Waals surface area contributed by atoms with Gasteiger partial charge in [0.05, 0.1) is 0 Å². The average Bonchev–Trinajstić information content (AvgIpc) is 3.26. The Hall–Kier alpha value is -3.28. The molecule has 2 aromatic carbocycles. The van der Waals surface area contributed by atoms with E-state index in [2.05, 4.69) is 35.5 Å². The van der Waals surface area contributed by atoms with Crippen LogP contribution in [-0.2, 0) is 11.2 Å². The van der Waals surface area contributed by atoms with Crippen molar-refractivity contribution in [3.63, 3.8) is 0 Å². The Morgan fingerprint density at radius 3 is 2.23 bits per heavy atom. The summed E-state index contributed by atoms with van der Waals surface area (Å²) in [5, 5.41) is 6.95. The monoisotopic (exact) mass is 476 g/mol. The molecule has 3 aromatic rings. The minimum Gasteiger partial charge on any atom is -0.361 e. The van der Waals surface area contributed by atoms with E-state index in [0.29, 0.717) is 12.1 Å². The molecule has 0 aliphatic rings. The van der Waals surface area contributed by atoms with Gasteiger partial charge in [-0.1, -0.05) is 75.4 Å². The van der Waals surface area contributed by atoms with Gasteiger partial charge < -0.3 is 20.5 Å². The van der Waals surface area contributed by atoms with Gasteiger partial charge in [-0.05, 0) is 43.5 Å². The molecule has 6 nitrogen and oxygen atoms in total. The lowest BCUT2D eigenvalue weighted by molar-refractivity contribution is -0.133. The van der Waals surface area contributed by atoms with Crippen LogP contribution in [0, 0.1) is 6.92 Å². The third-order valence-electron chi connectivity index (χ3n) is 6.39. The van der Waals surface area contributed by atoms with Crippen molar-refractivity contribution in [2.75, 3.05) is 18.4 Å². The summed E-state index contributed by atoms with van der Waals surface area (Å²) in [7, 11) is 0. The van der Waals surface area contributed by atoms with Crippen molar-refractivity contribution >= 4 is 28.5 Å². The van der Waals surface area contributed by atoms with E-state index in [-0.39, 0.29) is 11.9 Å². The predicted molar refractivity (Wildman–Crippen MR) is 145 cm³/mol. The molecule has 0 radical (unpaired) electrons. The van der Waals surface area contributed by atoms with Crippen molar-refractivity contribution in [2.45, 2.75) is 71.8 Å². The zero-order valence-corrected chi connectivity index (χ0v) is 21.4. The highest BCUT2D eigenvalue weighted by molar-refractivity contribution is 5.94. The Bertz CT molecular complexity index is 1060. The van der Waals surface area contributed by atoms with E-state index in [1.165, 1.54) is 0 Å². The van der Waals surface area contributed by atoms with E-state index in [4.69, 9.17) is 0 Å². The fourth-order valence-corrected chi connectivity index (χ4v) is 4.34. The first kappa shape index (κ1) is 26.3. The van der Waals surface area contributed by atoms with E-state index >= 15 is 0 Å². The second kappa shape index (κ2) is 13.6. The first-order valence-corrected chi connectivity index (χ1v) is 13.0. The molecule has 1 atom stereocenters. The van der Waals surface area contributed by atoms with E-state index in [9.17, 15) is 9.59 Å². The van der Waals surface area contributed by atoms with Crippen LogP contribution in [0.25, 0.3) is 10.9 Å². The summed E-state index contributed by atoms with van der Waals surface area (Å²) in [5.41, 5.74) is 3.88. The first-order valence-electron chi connectivity index (χ1n) is 13.0. The van der Waals surface area contributed by atoms with E-state index in [1.54, 1.807) is 0 Å². The summed E-state index contributed by atoms with van der Waals surface area (Å²) < 4.78 is 0. The maximum Gasteiger partial charge on any atom is 0.319 e. The third-order valence-corrected chi connectivity index (χ3v) is 6.39. The second-order valence-corrected chi connectivity index (χ2v) is 9.32. The molecule has 0 saturated carbocycles. The Kier molecular flexibility index (Phi) is 10.2. The normalized spacial score (nSPS) is 11.9. The topological polar surface area (TPSA) is 77.2 Å². The summed E-state index contributed by atoms with van der Waals surface area (Å²) in [6.45, 7) is 7.79. The number of rotatable bonds is 13. The van der Waals surface area contributed by atoms with Crippen LogP contribution < -0.4 is 10.6 Å². The van der Waals surface area contributed by atoms with Gasteiger partial charge in [-0.3, -0.25) is 4.79 Å². The number of anilines is 1. The van der Waals surface area contributed by atoms with Crippen LogP contribution in [0.5, 0.6) is 0 Å². The highest BCUT2D eigenvalue weighted by Gasteiger charge is 2.27. The lowest BCUT2D eigenvalue weighted by Gasteiger charge is -2.28. The smallest absolute Gasteiger partial charge is 0.319 e. The molecule has 0 saturated heterocycles. The molecule has 0 unspecified atom stereocenters. The first-order chi connectivity index (χ1) is 17.0. The van der Waals surface area contributed by atoms with Gasteiger partial charge in [0.1, 0.15) is 6.04 Å². The fourth-order valence-electron chi connectivity index (χ4n) is 4.34. The van der Waals surface area contributed by atoms with Gasteiger partial charge in [-0.15, -0.1) is 0 Å². The number of nitrogens with one attached hydrogen (secondary N) is 3. The zero-order chi connectivity index (χ0) is 25.0. The lowest BCUT2D eigenvalue weighted by atomic mass is 10.0. The molecule has 3 amide bonds. The number of hydrogen-bond donors (Lipinski definition) is 3. The van der Waals surface area contributed by atoms with Crippen molar-refractivity contribution in [2.24, 2.45) is 0 Å². The summed E-state index contributed by atoms with van der Waals surface area (Å²) in [6, 6.07) is 14.7. The molecule has 3 rings (SSSR count). The van der Waals surface area contributed by atoms with Crippen LogP contribution in [0.4, 0.5) is 10.5 Å². The van der Waals surface area contributed by atoms with Crippen molar-refractivity contribution in [3.8, 4) is 0 Å². The number of aromatic nitrogens is 1. The van der Waals surface area contributed by atoms with Crippen LogP contribution in [-0.4, -0.2) is 41.0 Å². The number of hydrogen-bond acceptors (Lipinski definition) is 2. The Balaban J connectivity index is 1.80. The summed E-state index contributed by atoms with van der Waals surface area (Å²) >= 11 is 0. The van der Waals surface area contributed by atoms with E-state index in [0.717, 1.165) is 73.6 Å². The number of aryl methyl sites for hydroxylation is 1. The standard InChI is InChI=1S/C29H40N4O2/c1-4-6-10-18-33(19-11-7-5-2)28(34)27(20-23-21-30-26-13-9-8-12-25(23)26)32-29(35)31-24-16-14-22(3)15-17-24/h8-9,12-17,21,27,30H,4-7,10-11,18-20H2,1-3H3,(H2,31,32,35)/t27-/m0/s1. The zero-order valence-electron chi connectivity index (χ0n) is 21.4. The quantitative estimate of drug-likeness (QED) is 0.249. The molecule has 3 N–H and O–H groups in total. The van der Waals surface area contributed by atoms with Crippen molar-refractivity contribution in [3.05, 3.63) is 65.9 Å². The highest BCUT2D eigenvalue weighted by Crippen LogP contribution is 2.20. The maximum atomic E-state index is 13.8. The Morgan fingerprint density at radius 2 is 1.57 bits per heavy atom. The molecule has 0 aliphatic heterocycles. The van der Waals surface area contributed by atoms with Gasteiger partial charge in [-0.25, -0.2) is 4.79 Å². The van der Waals surface area contributed by atoms with Crippen molar-refractivity contribution in [1.29, 1.82) is 0 Å². The maximum absolute atomic E-state index is 13.8. The third kappa shape index (κ3) is 7.88. The van der Waals surface area contributed by atoms with Crippen LogP contribution in [0.3, 0.4) is 0 Å². The van der Waals surface area contributed by atoms with E-state index in [1.807, 2.05) is 60.5 Å². The molecule has 35 heavy (non-hydrogen) atoms. The van der Waals surface area contributed by atoms with Crippen molar-refractivity contribution < 1.29 is 9.59 Å².